The summed E-state index contributed by atoms with van der Waals surface area (Å²) in [7, 11) is 1.65. The summed E-state index contributed by atoms with van der Waals surface area (Å²) in [5.41, 5.74) is 1.80. The number of benzene rings is 2. The Labute approximate surface area is 191 Å². The van der Waals surface area contributed by atoms with Crippen LogP contribution in [0.4, 0.5) is 8.78 Å². The van der Waals surface area contributed by atoms with Crippen molar-refractivity contribution in [1.29, 1.82) is 0 Å². The number of carbonyl (C=O) groups excluding carboxylic acids is 1. The summed E-state index contributed by atoms with van der Waals surface area (Å²) in [5, 5.41) is 2.09. The molecule has 2 heterocycles. The minimum absolute atomic E-state index is 0.166. The lowest BCUT2D eigenvalue weighted by atomic mass is 10.1. The van der Waals surface area contributed by atoms with Crippen LogP contribution in [-0.2, 0) is 11.3 Å². The van der Waals surface area contributed by atoms with Gasteiger partial charge in [0, 0.05) is 24.5 Å². The number of hydrogen-bond donors (Lipinski definition) is 1. The average Bonchev–Trinajstić information content (AvgIpc) is 3.18. The highest BCUT2D eigenvalue weighted by Crippen LogP contribution is 2.32. The van der Waals surface area contributed by atoms with E-state index in [1.165, 1.54) is 40.5 Å². The topological polar surface area (TPSA) is 66.1 Å². The molecule has 1 amide bonds. The van der Waals surface area contributed by atoms with E-state index in [-0.39, 0.29) is 29.6 Å². The Balaban J connectivity index is 1.52. The predicted octanol–water partition coefficient (Wildman–Crippen LogP) is 5.07. The molecule has 2 aromatic heterocycles. The number of carbonyl (C=O) groups is 1. The summed E-state index contributed by atoms with van der Waals surface area (Å²) in [6, 6.07) is 12.0. The maximum absolute atomic E-state index is 13.4. The molecule has 1 atom stereocenters. The fourth-order valence-corrected chi connectivity index (χ4v) is 5.26. The van der Waals surface area contributed by atoms with Gasteiger partial charge in [0.05, 0.1) is 10.6 Å². The lowest BCUT2D eigenvalue weighted by Crippen LogP contribution is -2.33. The number of thiophene rings is 1. The van der Waals surface area contributed by atoms with Crippen LogP contribution in [0.2, 0.25) is 0 Å². The summed E-state index contributed by atoms with van der Waals surface area (Å²) < 4.78 is 26.6. The maximum Gasteiger partial charge on any atom is 0.260 e. The monoisotopic (exact) mass is 471 g/mol. The number of halogens is 2. The normalized spacial score (nSPS) is 12.1. The SMILES string of the molecule is CC(Sc1nc2scc(-c3ccc(F)cc3)c2c(=O)[nH]1)C(=O)N(C)Cc1cccc(F)c1. The Hall–Kier alpha value is -3.04. The van der Waals surface area contributed by atoms with Crippen molar-refractivity contribution >= 4 is 39.2 Å². The van der Waals surface area contributed by atoms with E-state index in [9.17, 15) is 18.4 Å². The van der Waals surface area contributed by atoms with Gasteiger partial charge in [0.15, 0.2) is 5.16 Å². The Morgan fingerprint density at radius 1 is 1.19 bits per heavy atom. The third kappa shape index (κ3) is 4.73. The Morgan fingerprint density at radius 2 is 1.94 bits per heavy atom. The van der Waals surface area contributed by atoms with Gasteiger partial charge >= 0.3 is 0 Å². The molecule has 0 radical (unpaired) electrons. The first-order valence-corrected chi connectivity index (χ1v) is 11.5. The van der Waals surface area contributed by atoms with Gasteiger partial charge in [0.25, 0.3) is 5.56 Å². The zero-order valence-electron chi connectivity index (χ0n) is 17.3. The molecule has 4 aromatic rings. The summed E-state index contributed by atoms with van der Waals surface area (Å²) in [6.45, 7) is 2.01. The molecule has 1 unspecified atom stereocenters. The van der Waals surface area contributed by atoms with Gasteiger partial charge in [0.2, 0.25) is 5.91 Å². The molecular weight excluding hydrogens is 452 g/mol. The minimum atomic E-state index is -0.509. The smallest absolute Gasteiger partial charge is 0.260 e. The first-order chi connectivity index (χ1) is 15.3. The van der Waals surface area contributed by atoms with Crippen LogP contribution in [0, 0.1) is 11.6 Å². The first-order valence-electron chi connectivity index (χ1n) is 9.75. The molecule has 0 saturated heterocycles. The standard InChI is InChI=1S/C23H19F2N3O2S2/c1-13(22(30)28(2)11-14-4-3-5-17(25)10-14)32-23-26-20(29)19-18(12-31-21(19)27-23)15-6-8-16(24)9-7-15/h3-10,12-13H,11H2,1-2H3,(H,26,27,29). The molecule has 0 fully saturated rings. The zero-order chi connectivity index (χ0) is 22.8. The van der Waals surface area contributed by atoms with Crippen molar-refractivity contribution < 1.29 is 13.6 Å². The highest BCUT2D eigenvalue weighted by Gasteiger charge is 2.21. The van der Waals surface area contributed by atoms with Gasteiger partial charge in [-0.3, -0.25) is 9.59 Å². The number of H-pyrrole nitrogens is 1. The van der Waals surface area contributed by atoms with Crippen molar-refractivity contribution in [3.63, 3.8) is 0 Å². The third-order valence-corrected chi connectivity index (χ3v) is 6.74. The van der Waals surface area contributed by atoms with Gasteiger partial charge in [-0.25, -0.2) is 13.8 Å². The van der Waals surface area contributed by atoms with Crippen LogP contribution in [0.1, 0.15) is 12.5 Å². The zero-order valence-corrected chi connectivity index (χ0v) is 18.9. The first kappa shape index (κ1) is 22.2. The van der Waals surface area contributed by atoms with E-state index < -0.39 is 5.25 Å². The van der Waals surface area contributed by atoms with E-state index in [0.717, 1.165) is 17.3 Å². The lowest BCUT2D eigenvalue weighted by Gasteiger charge is -2.21. The second-order valence-corrected chi connectivity index (χ2v) is 9.48. The second kappa shape index (κ2) is 9.22. The van der Waals surface area contributed by atoms with E-state index in [1.807, 2.05) is 5.38 Å². The minimum Gasteiger partial charge on any atom is -0.340 e. The number of nitrogens with zero attached hydrogens (tertiary/aromatic N) is 2. The third-order valence-electron chi connectivity index (χ3n) is 4.90. The largest absolute Gasteiger partial charge is 0.340 e. The molecule has 1 N–H and O–H groups in total. The highest BCUT2D eigenvalue weighted by atomic mass is 32.2. The van der Waals surface area contributed by atoms with Gasteiger partial charge in [-0.2, -0.15) is 0 Å². The van der Waals surface area contributed by atoms with Crippen molar-refractivity contribution in [2.75, 3.05) is 7.05 Å². The molecule has 164 valence electrons. The average molecular weight is 472 g/mol. The highest BCUT2D eigenvalue weighted by molar-refractivity contribution is 8.00. The van der Waals surface area contributed by atoms with Crippen LogP contribution in [0.15, 0.2) is 63.9 Å². The van der Waals surface area contributed by atoms with E-state index in [4.69, 9.17) is 0 Å². The fraction of sp³-hybridized carbons (Fsp3) is 0.174. The van der Waals surface area contributed by atoms with E-state index >= 15 is 0 Å². The van der Waals surface area contributed by atoms with Gasteiger partial charge in [-0.15, -0.1) is 11.3 Å². The molecule has 32 heavy (non-hydrogen) atoms. The van der Waals surface area contributed by atoms with Crippen LogP contribution < -0.4 is 5.56 Å². The fourth-order valence-electron chi connectivity index (χ4n) is 3.34. The molecule has 4 rings (SSSR count). The van der Waals surface area contributed by atoms with E-state index in [1.54, 1.807) is 38.2 Å². The van der Waals surface area contributed by atoms with Crippen molar-refractivity contribution in [3.05, 3.63) is 81.5 Å². The number of fused-ring (bicyclic) bond motifs is 1. The van der Waals surface area contributed by atoms with Crippen LogP contribution in [0.3, 0.4) is 0 Å². The Morgan fingerprint density at radius 3 is 2.66 bits per heavy atom. The van der Waals surface area contributed by atoms with Gasteiger partial charge in [-0.1, -0.05) is 36.0 Å². The van der Waals surface area contributed by atoms with Gasteiger partial charge < -0.3 is 9.88 Å². The molecule has 5 nitrogen and oxygen atoms in total. The Bertz CT molecular complexity index is 1340. The molecule has 2 aromatic carbocycles. The van der Waals surface area contributed by atoms with Crippen molar-refractivity contribution in [3.8, 4) is 11.1 Å². The van der Waals surface area contributed by atoms with Crippen LogP contribution in [-0.4, -0.2) is 33.1 Å². The van der Waals surface area contributed by atoms with Crippen LogP contribution in [0.25, 0.3) is 21.3 Å². The number of aromatic nitrogens is 2. The van der Waals surface area contributed by atoms with Gasteiger partial charge in [-0.05, 0) is 42.3 Å². The number of nitrogens with one attached hydrogen (secondary N) is 1. The molecule has 0 bridgehead atoms. The van der Waals surface area contributed by atoms with E-state index in [2.05, 4.69) is 9.97 Å². The molecular formula is C23H19F2N3O2S2. The molecule has 0 saturated carbocycles. The van der Waals surface area contributed by atoms with Crippen molar-refractivity contribution in [1.82, 2.24) is 14.9 Å². The summed E-state index contributed by atoms with van der Waals surface area (Å²) in [4.78, 5) is 34.9. The Kier molecular flexibility index (Phi) is 6.38. The van der Waals surface area contributed by atoms with E-state index in [0.29, 0.717) is 26.5 Å². The van der Waals surface area contributed by atoms with Crippen LogP contribution >= 0.6 is 23.1 Å². The number of aromatic amines is 1. The van der Waals surface area contributed by atoms with Crippen molar-refractivity contribution in [2.24, 2.45) is 0 Å². The number of amides is 1. The predicted molar refractivity (Wildman–Crippen MR) is 124 cm³/mol. The molecule has 0 spiro atoms. The molecule has 0 aliphatic heterocycles. The van der Waals surface area contributed by atoms with Crippen LogP contribution in [0.5, 0.6) is 0 Å². The second-order valence-electron chi connectivity index (χ2n) is 7.29. The quantitative estimate of drug-likeness (QED) is 0.315. The number of hydrogen-bond acceptors (Lipinski definition) is 5. The number of thioether (sulfide) groups is 1. The lowest BCUT2D eigenvalue weighted by molar-refractivity contribution is -0.129. The summed E-state index contributed by atoms with van der Waals surface area (Å²) >= 11 is 2.47. The molecule has 0 aliphatic rings. The molecule has 9 heteroatoms. The van der Waals surface area contributed by atoms with Crippen molar-refractivity contribution in [2.45, 2.75) is 23.9 Å². The summed E-state index contributed by atoms with van der Waals surface area (Å²) in [6.07, 6.45) is 0. The number of rotatable bonds is 6. The van der Waals surface area contributed by atoms with Gasteiger partial charge in [0.1, 0.15) is 16.5 Å². The maximum atomic E-state index is 13.4. The molecule has 0 aliphatic carbocycles. The summed E-state index contributed by atoms with van der Waals surface area (Å²) in [5.74, 6) is -0.864.